The summed E-state index contributed by atoms with van der Waals surface area (Å²) in [5.74, 6) is 0.119. The fourth-order valence-corrected chi connectivity index (χ4v) is 2.98. The summed E-state index contributed by atoms with van der Waals surface area (Å²) in [5.41, 5.74) is 2.59. The molecule has 0 fully saturated rings. The number of carbonyl (C=O) groups is 1. The Morgan fingerprint density at radius 2 is 1.85 bits per heavy atom. The van der Waals surface area contributed by atoms with Crippen LogP contribution >= 0.6 is 11.8 Å². The third-order valence-corrected chi connectivity index (χ3v) is 4.62. The highest BCUT2D eigenvalue weighted by atomic mass is 32.2. The average Bonchev–Trinajstić information content (AvgIpc) is 3.09. The highest BCUT2D eigenvalue weighted by molar-refractivity contribution is 7.99. The molecule has 0 bridgehead atoms. The van der Waals surface area contributed by atoms with Crippen LogP contribution < -0.4 is 5.32 Å². The molecular weight excluding hydrogens is 353 g/mol. The van der Waals surface area contributed by atoms with Crippen LogP contribution in [0.15, 0.2) is 53.7 Å². The standard InChI is InChI=1S/C18H18FN5OS/c1-12(2)13-3-7-15(8-4-13)20-17(25)11-26-18-21-22-23-24(18)16-9-5-14(19)6-10-16/h3-10,12H,11H2,1-2H3,(H,20,25). The third kappa shape index (κ3) is 4.45. The van der Waals surface area contributed by atoms with Gasteiger partial charge in [0.05, 0.1) is 11.4 Å². The van der Waals surface area contributed by atoms with Gasteiger partial charge in [-0.05, 0) is 58.3 Å². The highest BCUT2D eigenvalue weighted by Gasteiger charge is 2.12. The summed E-state index contributed by atoms with van der Waals surface area (Å²) in [7, 11) is 0. The Morgan fingerprint density at radius 3 is 2.50 bits per heavy atom. The number of nitrogens with one attached hydrogen (secondary N) is 1. The van der Waals surface area contributed by atoms with Crippen LogP contribution in [0.4, 0.5) is 10.1 Å². The lowest BCUT2D eigenvalue weighted by Crippen LogP contribution is -2.14. The molecule has 0 unspecified atom stereocenters. The molecule has 2 aromatic carbocycles. The summed E-state index contributed by atoms with van der Waals surface area (Å²) in [4.78, 5) is 12.2. The maximum absolute atomic E-state index is 13.0. The second-order valence-electron chi connectivity index (χ2n) is 5.96. The van der Waals surface area contributed by atoms with Crippen molar-refractivity contribution in [3.63, 3.8) is 0 Å². The lowest BCUT2D eigenvalue weighted by molar-refractivity contribution is -0.113. The minimum Gasteiger partial charge on any atom is -0.325 e. The maximum Gasteiger partial charge on any atom is 0.234 e. The molecule has 3 rings (SSSR count). The van der Waals surface area contributed by atoms with Crippen molar-refractivity contribution in [2.24, 2.45) is 0 Å². The molecule has 1 amide bonds. The summed E-state index contributed by atoms with van der Waals surface area (Å²) in [6.45, 7) is 4.24. The molecule has 6 nitrogen and oxygen atoms in total. The second-order valence-corrected chi connectivity index (χ2v) is 6.91. The number of carbonyl (C=O) groups excluding carboxylic acids is 1. The van der Waals surface area contributed by atoms with E-state index in [0.29, 0.717) is 16.8 Å². The Balaban J connectivity index is 1.60. The molecule has 0 aliphatic heterocycles. The van der Waals surface area contributed by atoms with E-state index in [1.807, 2.05) is 24.3 Å². The molecule has 134 valence electrons. The molecule has 0 radical (unpaired) electrons. The maximum atomic E-state index is 13.0. The first kappa shape index (κ1) is 18.1. The first-order valence-electron chi connectivity index (χ1n) is 8.10. The summed E-state index contributed by atoms with van der Waals surface area (Å²) in [5, 5.41) is 14.7. The number of hydrogen-bond acceptors (Lipinski definition) is 5. The fraction of sp³-hybridized carbons (Fsp3) is 0.222. The van der Waals surface area contributed by atoms with Crippen LogP contribution in [0.1, 0.15) is 25.3 Å². The zero-order valence-corrected chi connectivity index (χ0v) is 15.2. The number of thioether (sulfide) groups is 1. The van der Waals surface area contributed by atoms with E-state index in [0.717, 1.165) is 5.69 Å². The second kappa shape index (κ2) is 8.09. The zero-order chi connectivity index (χ0) is 18.5. The normalized spacial score (nSPS) is 10.9. The molecule has 0 atom stereocenters. The van der Waals surface area contributed by atoms with Gasteiger partial charge in [0.15, 0.2) is 0 Å². The molecule has 1 heterocycles. The number of rotatable bonds is 6. The molecule has 3 aromatic rings. The molecule has 1 aromatic heterocycles. The van der Waals surface area contributed by atoms with E-state index in [2.05, 4.69) is 34.7 Å². The van der Waals surface area contributed by atoms with Gasteiger partial charge in [0.25, 0.3) is 0 Å². The number of nitrogens with zero attached hydrogens (tertiary/aromatic N) is 4. The monoisotopic (exact) mass is 371 g/mol. The Bertz CT molecular complexity index is 877. The first-order chi connectivity index (χ1) is 12.5. The smallest absolute Gasteiger partial charge is 0.234 e. The van der Waals surface area contributed by atoms with Gasteiger partial charge in [-0.3, -0.25) is 4.79 Å². The van der Waals surface area contributed by atoms with Crippen LogP contribution in [-0.4, -0.2) is 31.9 Å². The molecule has 0 aliphatic rings. The molecule has 0 spiro atoms. The van der Waals surface area contributed by atoms with Gasteiger partial charge in [-0.2, -0.15) is 4.68 Å². The van der Waals surface area contributed by atoms with E-state index >= 15 is 0 Å². The van der Waals surface area contributed by atoms with E-state index in [1.54, 1.807) is 12.1 Å². The van der Waals surface area contributed by atoms with Gasteiger partial charge in [-0.1, -0.05) is 37.7 Å². The molecule has 26 heavy (non-hydrogen) atoms. The SMILES string of the molecule is CC(C)c1ccc(NC(=O)CSc2nnnn2-c2ccc(F)cc2)cc1. The summed E-state index contributed by atoms with van der Waals surface area (Å²) in [6, 6.07) is 13.6. The van der Waals surface area contributed by atoms with Crippen molar-refractivity contribution in [1.29, 1.82) is 0 Å². The quantitative estimate of drug-likeness (QED) is 0.670. The number of aromatic nitrogens is 4. The Hall–Kier alpha value is -2.74. The van der Waals surface area contributed by atoms with E-state index in [9.17, 15) is 9.18 Å². The van der Waals surface area contributed by atoms with Gasteiger partial charge < -0.3 is 5.32 Å². The minimum absolute atomic E-state index is 0.152. The number of anilines is 1. The van der Waals surface area contributed by atoms with Crippen molar-refractivity contribution in [2.75, 3.05) is 11.1 Å². The van der Waals surface area contributed by atoms with Crippen molar-refractivity contribution in [3.05, 3.63) is 59.9 Å². The number of hydrogen-bond donors (Lipinski definition) is 1. The molecule has 0 aliphatic carbocycles. The zero-order valence-electron chi connectivity index (χ0n) is 14.4. The Morgan fingerprint density at radius 1 is 1.15 bits per heavy atom. The highest BCUT2D eigenvalue weighted by Crippen LogP contribution is 2.20. The third-order valence-electron chi connectivity index (χ3n) is 3.71. The van der Waals surface area contributed by atoms with Crippen molar-refractivity contribution < 1.29 is 9.18 Å². The predicted octanol–water partition coefficient (Wildman–Crippen LogP) is 3.66. The topological polar surface area (TPSA) is 72.7 Å². The molecule has 0 saturated carbocycles. The number of tetrazole rings is 1. The van der Waals surface area contributed by atoms with Gasteiger partial charge in [0.1, 0.15) is 5.82 Å². The lowest BCUT2D eigenvalue weighted by Gasteiger charge is -2.08. The number of amides is 1. The van der Waals surface area contributed by atoms with E-state index in [4.69, 9.17) is 0 Å². The van der Waals surface area contributed by atoms with Crippen LogP contribution in [0, 0.1) is 5.82 Å². The van der Waals surface area contributed by atoms with Crippen molar-refractivity contribution in [1.82, 2.24) is 20.2 Å². The van der Waals surface area contributed by atoms with Gasteiger partial charge in [-0.15, -0.1) is 5.10 Å². The Kier molecular flexibility index (Phi) is 5.62. The lowest BCUT2D eigenvalue weighted by atomic mass is 10.0. The van der Waals surface area contributed by atoms with E-state index < -0.39 is 0 Å². The first-order valence-corrected chi connectivity index (χ1v) is 9.08. The number of halogens is 1. The minimum atomic E-state index is -0.334. The van der Waals surface area contributed by atoms with Gasteiger partial charge in [0.2, 0.25) is 11.1 Å². The van der Waals surface area contributed by atoms with Crippen LogP contribution in [-0.2, 0) is 4.79 Å². The Labute approximate surface area is 154 Å². The van der Waals surface area contributed by atoms with E-state index in [-0.39, 0.29) is 17.5 Å². The molecule has 1 N–H and O–H groups in total. The van der Waals surface area contributed by atoms with E-state index in [1.165, 1.54) is 34.1 Å². The van der Waals surface area contributed by atoms with Gasteiger partial charge in [-0.25, -0.2) is 4.39 Å². The fourth-order valence-electron chi connectivity index (χ4n) is 2.29. The van der Waals surface area contributed by atoms with Crippen LogP contribution in [0.3, 0.4) is 0 Å². The molecular formula is C18H18FN5OS. The van der Waals surface area contributed by atoms with Crippen LogP contribution in [0.5, 0.6) is 0 Å². The van der Waals surface area contributed by atoms with Crippen molar-refractivity contribution >= 4 is 23.4 Å². The summed E-state index contributed by atoms with van der Waals surface area (Å²) in [6.07, 6.45) is 0. The van der Waals surface area contributed by atoms with Gasteiger partial charge in [0, 0.05) is 5.69 Å². The van der Waals surface area contributed by atoms with Crippen molar-refractivity contribution in [3.8, 4) is 5.69 Å². The number of benzene rings is 2. The predicted molar refractivity (Wildman–Crippen MR) is 99.0 cm³/mol. The summed E-state index contributed by atoms with van der Waals surface area (Å²) < 4.78 is 14.5. The average molecular weight is 371 g/mol. The van der Waals surface area contributed by atoms with Gasteiger partial charge >= 0.3 is 0 Å². The molecule has 8 heteroatoms. The largest absolute Gasteiger partial charge is 0.325 e. The summed E-state index contributed by atoms with van der Waals surface area (Å²) >= 11 is 1.21. The van der Waals surface area contributed by atoms with Crippen LogP contribution in [0.25, 0.3) is 5.69 Å². The molecule has 0 saturated heterocycles. The van der Waals surface area contributed by atoms with Crippen molar-refractivity contribution in [2.45, 2.75) is 24.9 Å². The van der Waals surface area contributed by atoms with Crippen LogP contribution in [0.2, 0.25) is 0 Å².